The fourth-order valence-corrected chi connectivity index (χ4v) is 4.67. The predicted octanol–water partition coefficient (Wildman–Crippen LogP) is 5.66. The summed E-state index contributed by atoms with van der Waals surface area (Å²) in [6.45, 7) is 6.27. The molecule has 0 saturated heterocycles. The number of carbonyl (C=O) groups excluding carboxylic acids is 2. The van der Waals surface area contributed by atoms with Crippen molar-refractivity contribution in [3.63, 3.8) is 0 Å². The average Bonchev–Trinajstić information content (AvgIpc) is 3.24. The molecule has 3 aromatic rings. The molecular formula is C28H27ClN2O3. The van der Waals surface area contributed by atoms with Crippen molar-refractivity contribution in [1.82, 2.24) is 9.47 Å². The lowest BCUT2D eigenvalue weighted by molar-refractivity contribution is -0.136. The Labute approximate surface area is 204 Å². The normalized spacial score (nSPS) is 14.9. The second kappa shape index (κ2) is 9.74. The van der Waals surface area contributed by atoms with Gasteiger partial charge in [0.15, 0.2) is 0 Å². The van der Waals surface area contributed by atoms with E-state index in [0.717, 1.165) is 28.2 Å². The Bertz CT molecular complexity index is 1320. The number of amides is 1. The van der Waals surface area contributed by atoms with Crippen molar-refractivity contribution in [3.05, 3.63) is 105 Å². The number of nitrogens with zero attached hydrogens (tertiary/aromatic N) is 2. The van der Waals surface area contributed by atoms with Crippen molar-refractivity contribution in [3.8, 4) is 5.69 Å². The summed E-state index contributed by atoms with van der Waals surface area (Å²) in [6, 6.07) is 19.6. The number of aromatic nitrogens is 1. The molecule has 0 N–H and O–H groups in total. The maximum Gasteiger partial charge on any atom is 0.340 e. The van der Waals surface area contributed by atoms with E-state index in [1.165, 1.54) is 7.11 Å². The molecule has 0 bridgehead atoms. The lowest BCUT2D eigenvalue weighted by Crippen LogP contribution is -2.27. The Morgan fingerprint density at radius 1 is 1.03 bits per heavy atom. The van der Waals surface area contributed by atoms with Crippen LogP contribution in [-0.4, -0.2) is 35.0 Å². The number of carbonyl (C=O) groups is 2. The van der Waals surface area contributed by atoms with Gasteiger partial charge in [0.1, 0.15) is 0 Å². The van der Waals surface area contributed by atoms with Gasteiger partial charge in [-0.15, -0.1) is 0 Å². The summed E-state index contributed by atoms with van der Waals surface area (Å²) in [4.78, 5) is 27.8. The van der Waals surface area contributed by atoms with E-state index in [1.54, 1.807) is 17.9 Å². The van der Waals surface area contributed by atoms with Gasteiger partial charge in [0.25, 0.3) is 5.91 Å². The Morgan fingerprint density at radius 3 is 2.44 bits per heavy atom. The summed E-state index contributed by atoms with van der Waals surface area (Å²) in [7, 11) is 1.34. The summed E-state index contributed by atoms with van der Waals surface area (Å²) in [5.74, 6) is -0.704. The van der Waals surface area contributed by atoms with Crippen LogP contribution in [0.2, 0.25) is 5.02 Å². The fraction of sp³-hybridized carbons (Fsp3) is 0.214. The van der Waals surface area contributed by atoms with Crippen molar-refractivity contribution in [1.29, 1.82) is 0 Å². The molecule has 0 spiro atoms. The van der Waals surface area contributed by atoms with Crippen LogP contribution < -0.4 is 0 Å². The van der Waals surface area contributed by atoms with Gasteiger partial charge < -0.3 is 14.2 Å². The minimum atomic E-state index is -0.511. The molecule has 2 heterocycles. The van der Waals surface area contributed by atoms with E-state index in [4.69, 9.17) is 16.3 Å². The van der Waals surface area contributed by atoms with E-state index >= 15 is 0 Å². The number of hydrogen-bond acceptors (Lipinski definition) is 3. The lowest BCUT2D eigenvalue weighted by atomic mass is 10.0. The molecule has 1 aliphatic rings. The summed E-state index contributed by atoms with van der Waals surface area (Å²) in [5, 5.41) is 0.650. The third-order valence-corrected chi connectivity index (χ3v) is 6.44. The molecule has 174 valence electrons. The van der Waals surface area contributed by atoms with Crippen LogP contribution in [0.1, 0.15) is 29.4 Å². The summed E-state index contributed by atoms with van der Waals surface area (Å²) >= 11 is 6.21. The van der Waals surface area contributed by atoms with Crippen LogP contribution in [0.4, 0.5) is 0 Å². The lowest BCUT2D eigenvalue weighted by Gasteiger charge is -2.17. The first-order valence-corrected chi connectivity index (χ1v) is 11.5. The molecule has 0 radical (unpaired) electrons. The van der Waals surface area contributed by atoms with Crippen LogP contribution in [0.5, 0.6) is 0 Å². The van der Waals surface area contributed by atoms with Crippen LogP contribution in [0.25, 0.3) is 11.8 Å². The quantitative estimate of drug-likeness (QED) is 0.342. The Kier molecular flexibility index (Phi) is 6.75. The third-order valence-electron chi connectivity index (χ3n) is 6.20. The van der Waals surface area contributed by atoms with Gasteiger partial charge in [0.2, 0.25) is 0 Å². The van der Waals surface area contributed by atoms with Gasteiger partial charge in [-0.2, -0.15) is 0 Å². The van der Waals surface area contributed by atoms with Crippen molar-refractivity contribution < 1.29 is 14.3 Å². The second-order valence-corrected chi connectivity index (χ2v) is 8.78. The first kappa shape index (κ1) is 23.6. The highest BCUT2D eigenvalue weighted by Gasteiger charge is 2.37. The molecule has 2 aromatic carbocycles. The predicted molar refractivity (Wildman–Crippen MR) is 135 cm³/mol. The molecule has 0 fully saturated rings. The van der Waals surface area contributed by atoms with E-state index < -0.39 is 5.97 Å². The Morgan fingerprint density at radius 2 is 1.76 bits per heavy atom. The topological polar surface area (TPSA) is 51.5 Å². The molecule has 1 aliphatic heterocycles. The van der Waals surface area contributed by atoms with E-state index in [-0.39, 0.29) is 5.91 Å². The zero-order chi connectivity index (χ0) is 24.4. The molecule has 0 atom stereocenters. The maximum absolute atomic E-state index is 13.5. The number of ether oxygens (including phenoxy) is 1. The summed E-state index contributed by atoms with van der Waals surface area (Å²) in [5.41, 5.74) is 6.15. The maximum atomic E-state index is 13.5. The second-order valence-electron chi connectivity index (χ2n) is 8.34. The number of benzene rings is 2. The highest BCUT2D eigenvalue weighted by Crippen LogP contribution is 2.33. The van der Waals surface area contributed by atoms with E-state index in [0.29, 0.717) is 34.8 Å². The monoisotopic (exact) mass is 474 g/mol. The van der Waals surface area contributed by atoms with Gasteiger partial charge in [-0.1, -0.05) is 48.0 Å². The smallest absolute Gasteiger partial charge is 0.340 e. The summed E-state index contributed by atoms with van der Waals surface area (Å²) in [6.07, 6.45) is 2.49. The van der Waals surface area contributed by atoms with Crippen LogP contribution >= 0.6 is 11.6 Å². The molecule has 1 aromatic heterocycles. The molecular weight excluding hydrogens is 448 g/mol. The Balaban J connectivity index is 1.73. The number of aryl methyl sites for hydroxylation is 1. The standard InChI is InChI=1S/C28H27ClN2O3/c1-18-15-22(19(2)31(18)24-12-8-11-23(29)17-24)16-25-26(28(33)34-4)20(3)30(27(25)32)14-13-21-9-6-5-7-10-21/h5-12,15-17H,13-14H2,1-4H3/b25-16-. The number of hydrogen-bond donors (Lipinski definition) is 0. The molecule has 5 nitrogen and oxygen atoms in total. The number of rotatable bonds is 6. The van der Waals surface area contributed by atoms with Gasteiger partial charge in [-0.3, -0.25) is 4.79 Å². The third kappa shape index (κ3) is 4.44. The summed E-state index contributed by atoms with van der Waals surface area (Å²) < 4.78 is 7.12. The van der Waals surface area contributed by atoms with Crippen LogP contribution in [0.3, 0.4) is 0 Å². The minimum absolute atomic E-state index is 0.193. The first-order chi connectivity index (χ1) is 16.3. The molecule has 0 unspecified atom stereocenters. The zero-order valence-corrected chi connectivity index (χ0v) is 20.5. The number of allylic oxidation sites excluding steroid dienone is 1. The van der Waals surface area contributed by atoms with Crippen molar-refractivity contribution in [2.45, 2.75) is 27.2 Å². The van der Waals surface area contributed by atoms with E-state index in [9.17, 15) is 9.59 Å². The molecule has 4 rings (SSSR count). The highest BCUT2D eigenvalue weighted by molar-refractivity contribution is 6.30. The SMILES string of the molecule is COC(=O)C1=C(C)N(CCc2ccccc2)C(=O)/C1=C\c1cc(C)n(-c2cccc(Cl)c2)c1C. The zero-order valence-electron chi connectivity index (χ0n) is 19.8. The van der Waals surface area contributed by atoms with Crippen LogP contribution in [0.15, 0.2) is 77.5 Å². The van der Waals surface area contributed by atoms with E-state index in [2.05, 4.69) is 4.57 Å². The van der Waals surface area contributed by atoms with Gasteiger partial charge in [0.05, 0.1) is 18.3 Å². The average molecular weight is 475 g/mol. The highest BCUT2D eigenvalue weighted by atomic mass is 35.5. The van der Waals surface area contributed by atoms with Crippen molar-refractivity contribution in [2.75, 3.05) is 13.7 Å². The minimum Gasteiger partial charge on any atom is -0.465 e. The van der Waals surface area contributed by atoms with Crippen LogP contribution in [0, 0.1) is 13.8 Å². The van der Waals surface area contributed by atoms with Crippen molar-refractivity contribution >= 4 is 29.6 Å². The molecule has 1 amide bonds. The molecule has 0 aliphatic carbocycles. The van der Waals surface area contributed by atoms with E-state index in [1.807, 2.05) is 74.5 Å². The van der Waals surface area contributed by atoms with Crippen LogP contribution in [-0.2, 0) is 20.7 Å². The fourth-order valence-electron chi connectivity index (χ4n) is 4.48. The van der Waals surface area contributed by atoms with Gasteiger partial charge in [-0.05, 0) is 68.7 Å². The van der Waals surface area contributed by atoms with Gasteiger partial charge >= 0.3 is 5.97 Å². The first-order valence-electron chi connectivity index (χ1n) is 11.1. The number of esters is 1. The molecule has 34 heavy (non-hydrogen) atoms. The Hall–Kier alpha value is -3.57. The van der Waals surface area contributed by atoms with Gasteiger partial charge in [-0.25, -0.2) is 4.79 Å². The molecule has 6 heteroatoms. The van der Waals surface area contributed by atoms with Crippen molar-refractivity contribution in [2.24, 2.45) is 0 Å². The number of halogens is 1. The van der Waals surface area contributed by atoms with Gasteiger partial charge in [0, 0.05) is 34.3 Å². The molecule has 0 saturated carbocycles. The number of methoxy groups -OCH3 is 1. The largest absolute Gasteiger partial charge is 0.465 e.